The number of hydrogen-bond donors (Lipinski definition) is 2. The summed E-state index contributed by atoms with van der Waals surface area (Å²) in [7, 11) is 1.64. The molecule has 0 aliphatic carbocycles. The Morgan fingerprint density at radius 2 is 2.08 bits per heavy atom. The lowest BCUT2D eigenvalue weighted by atomic mass is 9.98. The van der Waals surface area contributed by atoms with Crippen LogP contribution in [0.1, 0.15) is 12.8 Å². The molecule has 0 bridgehead atoms. The van der Waals surface area contributed by atoms with Crippen LogP contribution in [0.5, 0.6) is 5.75 Å². The molecule has 3 N–H and O–H groups in total. The molecule has 2 heterocycles. The third kappa shape index (κ3) is 5.45. The molecule has 7 nitrogen and oxygen atoms in total. The highest BCUT2D eigenvalue weighted by atomic mass is 127. The van der Waals surface area contributed by atoms with Crippen molar-refractivity contribution in [2.45, 2.75) is 12.8 Å². The van der Waals surface area contributed by atoms with Crippen LogP contribution in [0, 0.1) is 5.92 Å². The maximum atomic E-state index is 6.04. The van der Waals surface area contributed by atoms with Crippen LogP contribution in [0.15, 0.2) is 47.7 Å². The third-order valence-corrected chi connectivity index (χ3v) is 4.24. The average Bonchev–Trinajstić information content (AvgIpc) is 2.68. The number of rotatable bonds is 5. The minimum absolute atomic E-state index is 0. The van der Waals surface area contributed by atoms with Gasteiger partial charge in [-0.3, -0.25) is 4.99 Å². The van der Waals surface area contributed by atoms with Crippen molar-refractivity contribution in [3.63, 3.8) is 0 Å². The lowest BCUT2D eigenvalue weighted by Gasteiger charge is -2.31. The summed E-state index contributed by atoms with van der Waals surface area (Å²) < 4.78 is 5.31. The summed E-state index contributed by atoms with van der Waals surface area (Å²) in [6.45, 7) is 2.56. The van der Waals surface area contributed by atoms with Crippen LogP contribution in [0.3, 0.4) is 0 Å². The third-order valence-electron chi connectivity index (χ3n) is 4.24. The van der Waals surface area contributed by atoms with Gasteiger partial charge in [0.05, 0.1) is 12.8 Å². The molecule has 1 aromatic carbocycles. The SMILES string of the molecule is COc1ccccc1NC(N)=NCC1CCCN(c2ncccn2)C1.I. The summed E-state index contributed by atoms with van der Waals surface area (Å²) in [6, 6.07) is 9.47. The molecule has 0 radical (unpaired) electrons. The Kier molecular flexibility index (Phi) is 7.89. The number of piperidine rings is 1. The van der Waals surface area contributed by atoms with Crippen LogP contribution in [-0.4, -0.2) is 42.7 Å². The first kappa shape index (κ1) is 20.2. The second kappa shape index (κ2) is 10.1. The first-order chi connectivity index (χ1) is 12.3. The molecule has 8 heteroatoms. The normalized spacial score (nSPS) is 17.3. The van der Waals surface area contributed by atoms with E-state index in [1.54, 1.807) is 19.5 Å². The van der Waals surface area contributed by atoms with Gasteiger partial charge in [0.15, 0.2) is 5.96 Å². The van der Waals surface area contributed by atoms with Crippen LogP contribution in [0.4, 0.5) is 11.6 Å². The number of ether oxygens (including phenoxy) is 1. The van der Waals surface area contributed by atoms with E-state index in [9.17, 15) is 0 Å². The van der Waals surface area contributed by atoms with E-state index < -0.39 is 0 Å². The van der Waals surface area contributed by atoms with Crippen molar-refractivity contribution in [2.24, 2.45) is 16.6 Å². The van der Waals surface area contributed by atoms with Crippen molar-refractivity contribution in [2.75, 3.05) is 37.0 Å². The van der Waals surface area contributed by atoms with Crippen LogP contribution in [0.2, 0.25) is 0 Å². The highest BCUT2D eigenvalue weighted by Crippen LogP contribution is 2.23. The van der Waals surface area contributed by atoms with E-state index in [0.717, 1.165) is 43.3 Å². The number of para-hydroxylation sites is 2. The second-order valence-corrected chi connectivity index (χ2v) is 6.05. The lowest BCUT2D eigenvalue weighted by molar-refractivity contribution is 0.416. The van der Waals surface area contributed by atoms with Crippen LogP contribution >= 0.6 is 24.0 Å². The Bertz CT molecular complexity index is 712. The molecule has 140 valence electrons. The smallest absolute Gasteiger partial charge is 0.225 e. The number of aromatic nitrogens is 2. The molecular weight excluding hydrogens is 443 g/mol. The maximum absolute atomic E-state index is 6.04. The maximum Gasteiger partial charge on any atom is 0.225 e. The van der Waals surface area contributed by atoms with Crippen LogP contribution in [-0.2, 0) is 0 Å². The van der Waals surface area contributed by atoms with Gasteiger partial charge in [-0.05, 0) is 37.0 Å². The predicted octanol–water partition coefficient (Wildman–Crippen LogP) is 2.75. The Hall–Kier alpha value is -2.10. The Morgan fingerprint density at radius 3 is 2.85 bits per heavy atom. The largest absolute Gasteiger partial charge is 0.495 e. The zero-order valence-electron chi connectivity index (χ0n) is 14.8. The zero-order valence-corrected chi connectivity index (χ0v) is 17.2. The van der Waals surface area contributed by atoms with Crippen molar-refractivity contribution in [1.82, 2.24) is 9.97 Å². The van der Waals surface area contributed by atoms with Gasteiger partial charge in [-0.25, -0.2) is 9.97 Å². The van der Waals surface area contributed by atoms with E-state index in [1.807, 2.05) is 30.3 Å². The van der Waals surface area contributed by atoms with Crippen molar-refractivity contribution >= 4 is 41.6 Å². The van der Waals surface area contributed by atoms with Gasteiger partial charge in [-0.2, -0.15) is 0 Å². The number of methoxy groups -OCH3 is 1. The van der Waals surface area contributed by atoms with Gasteiger partial charge < -0.3 is 20.7 Å². The summed E-state index contributed by atoms with van der Waals surface area (Å²) in [4.78, 5) is 15.4. The molecule has 3 rings (SSSR count). The highest BCUT2D eigenvalue weighted by Gasteiger charge is 2.21. The first-order valence-corrected chi connectivity index (χ1v) is 8.48. The summed E-state index contributed by atoms with van der Waals surface area (Å²) in [5.74, 6) is 2.37. The summed E-state index contributed by atoms with van der Waals surface area (Å²) in [5.41, 5.74) is 6.85. The quantitative estimate of drug-likeness (QED) is 0.399. The van der Waals surface area contributed by atoms with Crippen molar-refractivity contribution in [3.05, 3.63) is 42.7 Å². The molecule has 1 fully saturated rings. The van der Waals surface area contributed by atoms with E-state index in [0.29, 0.717) is 18.4 Å². The van der Waals surface area contributed by atoms with Crippen molar-refractivity contribution in [1.29, 1.82) is 0 Å². The van der Waals surface area contributed by atoms with Gasteiger partial charge in [0.1, 0.15) is 5.75 Å². The van der Waals surface area contributed by atoms with Gasteiger partial charge in [-0.15, -0.1) is 24.0 Å². The minimum Gasteiger partial charge on any atom is -0.495 e. The van der Waals surface area contributed by atoms with Crippen molar-refractivity contribution in [3.8, 4) is 5.75 Å². The number of nitrogens with two attached hydrogens (primary N) is 1. The number of anilines is 2. The second-order valence-electron chi connectivity index (χ2n) is 6.05. The monoisotopic (exact) mass is 468 g/mol. The fourth-order valence-corrected chi connectivity index (χ4v) is 3.00. The molecule has 1 aliphatic heterocycles. The molecule has 26 heavy (non-hydrogen) atoms. The molecule has 0 saturated carbocycles. The highest BCUT2D eigenvalue weighted by molar-refractivity contribution is 14.0. The molecule has 1 atom stereocenters. The van der Waals surface area contributed by atoms with Crippen LogP contribution in [0.25, 0.3) is 0 Å². The van der Waals surface area contributed by atoms with Gasteiger partial charge >= 0.3 is 0 Å². The number of hydrogen-bond acceptors (Lipinski definition) is 5. The topological polar surface area (TPSA) is 88.7 Å². The molecule has 0 amide bonds. The fraction of sp³-hybridized carbons (Fsp3) is 0.389. The van der Waals surface area contributed by atoms with Gasteiger partial charge in [0.2, 0.25) is 5.95 Å². The molecule has 1 saturated heterocycles. The number of benzene rings is 1. The zero-order chi connectivity index (χ0) is 17.5. The Labute approximate surface area is 171 Å². The van der Waals surface area contributed by atoms with Gasteiger partial charge in [0.25, 0.3) is 0 Å². The van der Waals surface area contributed by atoms with Gasteiger partial charge in [-0.1, -0.05) is 12.1 Å². The summed E-state index contributed by atoms with van der Waals surface area (Å²) in [5, 5.41) is 3.11. The van der Waals surface area contributed by atoms with Crippen molar-refractivity contribution < 1.29 is 4.74 Å². The molecule has 1 unspecified atom stereocenters. The molecule has 0 spiro atoms. The van der Waals surface area contributed by atoms with E-state index in [2.05, 4.69) is 25.2 Å². The number of halogens is 1. The van der Waals surface area contributed by atoms with E-state index in [-0.39, 0.29) is 24.0 Å². The van der Waals surface area contributed by atoms with E-state index >= 15 is 0 Å². The van der Waals surface area contributed by atoms with Gasteiger partial charge in [0, 0.05) is 32.0 Å². The van der Waals surface area contributed by atoms with Crippen LogP contribution < -0.4 is 20.7 Å². The average molecular weight is 468 g/mol. The number of nitrogens with zero attached hydrogens (tertiary/aromatic N) is 4. The number of guanidine groups is 1. The summed E-state index contributed by atoms with van der Waals surface area (Å²) in [6.07, 6.45) is 5.80. The Balaban J connectivity index is 0.00000243. The van der Waals surface area contributed by atoms with E-state index in [4.69, 9.17) is 10.5 Å². The molecule has 2 aromatic rings. The fourth-order valence-electron chi connectivity index (χ4n) is 3.00. The molecule has 1 aromatic heterocycles. The minimum atomic E-state index is 0. The Morgan fingerprint density at radius 1 is 1.31 bits per heavy atom. The summed E-state index contributed by atoms with van der Waals surface area (Å²) >= 11 is 0. The molecule has 1 aliphatic rings. The standard InChI is InChI=1S/C18H24N6O.HI/c1-25-16-8-3-2-7-15(16)23-17(19)22-12-14-6-4-11-24(13-14)18-20-9-5-10-21-18;/h2-3,5,7-10,14H,4,6,11-13H2,1H3,(H3,19,22,23);1H. The predicted molar refractivity (Wildman–Crippen MR) is 115 cm³/mol. The van der Waals surface area contributed by atoms with E-state index in [1.165, 1.54) is 0 Å². The first-order valence-electron chi connectivity index (χ1n) is 8.48. The molecular formula is C18H25IN6O. The number of aliphatic imine (C=N–C) groups is 1. The lowest BCUT2D eigenvalue weighted by Crippen LogP contribution is -2.38. The number of nitrogens with one attached hydrogen (secondary N) is 1.